The van der Waals surface area contributed by atoms with E-state index in [0.29, 0.717) is 16.2 Å². The molecule has 0 saturated heterocycles. The summed E-state index contributed by atoms with van der Waals surface area (Å²) in [7, 11) is 1.53. The Kier molecular flexibility index (Phi) is 5.62. The van der Waals surface area contributed by atoms with Crippen molar-refractivity contribution in [3.05, 3.63) is 84.6 Å². The lowest BCUT2D eigenvalue weighted by Crippen LogP contribution is -2.32. The molecule has 0 aliphatic heterocycles. The smallest absolute Gasteiger partial charge is 0.272 e. The summed E-state index contributed by atoms with van der Waals surface area (Å²) in [5.41, 5.74) is 2.64. The number of nitro groups is 1. The van der Waals surface area contributed by atoms with Crippen LogP contribution in [0.2, 0.25) is 0 Å². The predicted molar refractivity (Wildman–Crippen MR) is 108 cm³/mol. The molecule has 3 aromatic rings. The van der Waals surface area contributed by atoms with Gasteiger partial charge in [0.05, 0.1) is 12.0 Å². The highest BCUT2D eigenvalue weighted by molar-refractivity contribution is 7.73. The Hall–Kier alpha value is -3.37. The van der Waals surface area contributed by atoms with E-state index >= 15 is 0 Å². The second kappa shape index (κ2) is 8.11. The molecular weight excluding hydrogens is 402 g/mol. The van der Waals surface area contributed by atoms with E-state index in [-0.39, 0.29) is 15.2 Å². The Morgan fingerprint density at radius 2 is 1.89 bits per heavy atom. The van der Waals surface area contributed by atoms with Crippen molar-refractivity contribution in [2.24, 2.45) is 0 Å². The molecule has 0 bridgehead atoms. The van der Waals surface area contributed by atoms with Crippen LogP contribution < -0.4 is 15.7 Å². The Labute approximate surface area is 167 Å². The molecule has 0 spiro atoms. The van der Waals surface area contributed by atoms with Crippen molar-refractivity contribution in [2.75, 3.05) is 12.5 Å². The summed E-state index contributed by atoms with van der Waals surface area (Å²) in [4.78, 5) is 35.6. The van der Waals surface area contributed by atoms with E-state index in [4.69, 9.17) is 17.0 Å². The molecule has 10 heteroatoms. The third kappa shape index (κ3) is 3.97. The number of hydrogen-bond donors (Lipinski definition) is 1. The second-order valence-electron chi connectivity index (χ2n) is 5.50. The zero-order valence-electron chi connectivity index (χ0n) is 14.4. The molecule has 0 aliphatic rings. The van der Waals surface area contributed by atoms with Gasteiger partial charge < -0.3 is 4.74 Å². The standard InChI is InChI=1S/C18H13N3O5S2/c1-26-14-5-3-2-4-13(14)15-10-16(22)20(18(27)28-15)19-17(23)11-6-8-12(9-7-11)21(24)25/h2-10H,1H3,(H,19,23). The number of methoxy groups -OCH3 is 1. The molecule has 8 nitrogen and oxygen atoms in total. The Morgan fingerprint density at radius 1 is 1.21 bits per heavy atom. The number of aromatic nitrogens is 1. The van der Waals surface area contributed by atoms with Crippen LogP contribution in [0.5, 0.6) is 5.75 Å². The molecule has 1 aromatic heterocycles. The molecule has 0 radical (unpaired) electrons. The van der Waals surface area contributed by atoms with E-state index in [1.54, 1.807) is 12.1 Å². The molecule has 2 aromatic carbocycles. The molecule has 0 unspecified atom stereocenters. The van der Waals surface area contributed by atoms with Gasteiger partial charge in [-0.15, -0.1) is 11.3 Å². The second-order valence-corrected chi connectivity index (χ2v) is 7.17. The van der Waals surface area contributed by atoms with Crippen molar-refractivity contribution < 1.29 is 14.5 Å². The SMILES string of the molecule is COc1ccccc1-c1cc(=O)n(NC(=O)c2ccc([N+](=O)[O-])cc2)c(=S)s1. The fraction of sp³-hybridized carbons (Fsp3) is 0.0556. The highest BCUT2D eigenvalue weighted by Gasteiger charge is 2.13. The number of amides is 1. The van der Waals surface area contributed by atoms with Crippen molar-refractivity contribution >= 4 is 35.1 Å². The number of carbonyl (C=O) groups excluding carboxylic acids is 1. The van der Waals surface area contributed by atoms with E-state index in [1.165, 1.54) is 37.4 Å². The summed E-state index contributed by atoms with van der Waals surface area (Å²) in [6.07, 6.45) is 0. The minimum absolute atomic E-state index is 0.138. The summed E-state index contributed by atoms with van der Waals surface area (Å²) in [6.45, 7) is 0. The predicted octanol–water partition coefficient (Wildman–Crippen LogP) is 3.61. The maximum atomic E-state index is 12.5. The van der Waals surface area contributed by atoms with Gasteiger partial charge in [0, 0.05) is 34.2 Å². The van der Waals surface area contributed by atoms with Crippen molar-refractivity contribution in [2.45, 2.75) is 0 Å². The maximum Gasteiger partial charge on any atom is 0.272 e. The number of nitro benzene ring substituents is 1. The van der Waals surface area contributed by atoms with E-state index in [2.05, 4.69) is 5.43 Å². The summed E-state index contributed by atoms with van der Waals surface area (Å²) < 4.78 is 6.41. The van der Waals surface area contributed by atoms with Crippen LogP contribution in [-0.4, -0.2) is 22.6 Å². The van der Waals surface area contributed by atoms with Crippen LogP contribution in [0.3, 0.4) is 0 Å². The fourth-order valence-electron chi connectivity index (χ4n) is 2.42. The topological polar surface area (TPSA) is 103 Å². The molecule has 1 N–H and O–H groups in total. The Bertz CT molecular complexity index is 1140. The number of para-hydroxylation sites is 1. The van der Waals surface area contributed by atoms with E-state index in [9.17, 15) is 19.7 Å². The first-order valence-corrected chi connectivity index (χ1v) is 9.09. The first-order valence-electron chi connectivity index (χ1n) is 7.87. The van der Waals surface area contributed by atoms with Gasteiger partial charge in [0.15, 0.2) is 3.95 Å². The van der Waals surface area contributed by atoms with Crippen LogP contribution >= 0.6 is 23.6 Å². The van der Waals surface area contributed by atoms with Gasteiger partial charge in [-0.3, -0.25) is 25.1 Å². The van der Waals surface area contributed by atoms with Gasteiger partial charge >= 0.3 is 0 Å². The Morgan fingerprint density at radius 3 is 2.50 bits per heavy atom. The van der Waals surface area contributed by atoms with Gasteiger partial charge in [0.25, 0.3) is 17.2 Å². The molecular formula is C18H13N3O5S2. The monoisotopic (exact) mass is 415 g/mol. The number of nitrogens with zero attached hydrogens (tertiary/aromatic N) is 2. The molecule has 3 rings (SSSR count). The summed E-state index contributed by atoms with van der Waals surface area (Å²) in [5.74, 6) is -0.0134. The van der Waals surface area contributed by atoms with E-state index in [1.807, 2.05) is 12.1 Å². The van der Waals surface area contributed by atoms with Crippen LogP contribution in [-0.2, 0) is 0 Å². The molecule has 0 atom stereocenters. The number of non-ortho nitro benzene ring substituents is 1. The van der Waals surface area contributed by atoms with Gasteiger partial charge in [-0.2, -0.15) is 4.68 Å². The minimum atomic E-state index is -0.611. The normalized spacial score (nSPS) is 10.3. The van der Waals surface area contributed by atoms with Gasteiger partial charge in [0.1, 0.15) is 5.75 Å². The van der Waals surface area contributed by atoms with Crippen molar-refractivity contribution in [3.8, 4) is 16.2 Å². The highest BCUT2D eigenvalue weighted by Crippen LogP contribution is 2.31. The summed E-state index contributed by atoms with van der Waals surface area (Å²) >= 11 is 6.40. The molecule has 1 heterocycles. The quantitative estimate of drug-likeness (QED) is 0.388. The lowest BCUT2D eigenvalue weighted by Gasteiger charge is -2.11. The van der Waals surface area contributed by atoms with Gasteiger partial charge in [0.2, 0.25) is 0 Å². The fourth-order valence-corrected chi connectivity index (χ4v) is 3.68. The molecule has 28 heavy (non-hydrogen) atoms. The molecule has 0 aliphatic carbocycles. The third-order valence-corrected chi connectivity index (χ3v) is 5.13. The van der Waals surface area contributed by atoms with Gasteiger partial charge in [-0.05, 0) is 36.5 Å². The van der Waals surface area contributed by atoms with Gasteiger partial charge in [-0.25, -0.2) is 0 Å². The van der Waals surface area contributed by atoms with Crippen LogP contribution in [0.15, 0.2) is 59.4 Å². The number of nitrogens with one attached hydrogen (secondary N) is 1. The molecule has 142 valence electrons. The van der Waals surface area contributed by atoms with Crippen LogP contribution in [0.4, 0.5) is 5.69 Å². The molecule has 0 saturated carbocycles. The largest absolute Gasteiger partial charge is 0.496 e. The zero-order valence-corrected chi connectivity index (χ0v) is 16.1. The lowest BCUT2D eigenvalue weighted by atomic mass is 10.1. The van der Waals surface area contributed by atoms with E-state index in [0.717, 1.165) is 16.0 Å². The maximum absolute atomic E-state index is 12.5. The lowest BCUT2D eigenvalue weighted by molar-refractivity contribution is -0.384. The first kappa shape index (κ1) is 19.4. The average molecular weight is 415 g/mol. The molecule has 0 fully saturated rings. The van der Waals surface area contributed by atoms with Crippen LogP contribution in [0.1, 0.15) is 10.4 Å². The first-order chi connectivity index (χ1) is 13.4. The number of ether oxygens (including phenoxy) is 1. The van der Waals surface area contributed by atoms with Crippen LogP contribution in [0.25, 0.3) is 10.4 Å². The van der Waals surface area contributed by atoms with Gasteiger partial charge in [-0.1, -0.05) is 12.1 Å². The summed E-state index contributed by atoms with van der Waals surface area (Å²) in [5, 5.41) is 10.7. The highest BCUT2D eigenvalue weighted by atomic mass is 32.1. The number of hydrogen-bond acceptors (Lipinski definition) is 7. The summed E-state index contributed by atoms with van der Waals surface area (Å²) in [6, 6.07) is 13.6. The van der Waals surface area contributed by atoms with Crippen LogP contribution in [0, 0.1) is 14.1 Å². The average Bonchev–Trinajstić information content (AvgIpc) is 2.70. The van der Waals surface area contributed by atoms with E-state index < -0.39 is 16.4 Å². The number of carbonyl (C=O) groups is 1. The minimum Gasteiger partial charge on any atom is -0.496 e. The Balaban J connectivity index is 1.91. The third-order valence-electron chi connectivity index (χ3n) is 3.78. The zero-order chi connectivity index (χ0) is 20.3. The number of rotatable bonds is 5. The van der Waals surface area contributed by atoms with Crippen molar-refractivity contribution in [1.29, 1.82) is 0 Å². The molecule has 1 amide bonds. The van der Waals surface area contributed by atoms with Crippen molar-refractivity contribution in [3.63, 3.8) is 0 Å². The number of benzene rings is 2. The van der Waals surface area contributed by atoms with Crippen molar-refractivity contribution in [1.82, 2.24) is 4.68 Å².